The molecule has 2 N–H and O–H groups in total. The van der Waals surface area contributed by atoms with Crippen LogP contribution in [0.15, 0.2) is 65.3 Å². The topological polar surface area (TPSA) is 122 Å². The van der Waals surface area contributed by atoms with Crippen molar-refractivity contribution in [3.63, 3.8) is 0 Å². The molecule has 1 aliphatic heterocycles. The number of carbonyl (C=O) groups excluding carboxylic acids is 2. The fourth-order valence-corrected chi connectivity index (χ4v) is 5.19. The van der Waals surface area contributed by atoms with Crippen LogP contribution in [0.4, 0.5) is 0 Å². The van der Waals surface area contributed by atoms with Gasteiger partial charge in [-0.25, -0.2) is 9.97 Å². The molecule has 190 valence electrons. The van der Waals surface area contributed by atoms with Gasteiger partial charge < -0.3 is 24.4 Å². The lowest BCUT2D eigenvalue weighted by Gasteiger charge is -2.26. The first-order valence-corrected chi connectivity index (χ1v) is 12.4. The summed E-state index contributed by atoms with van der Waals surface area (Å²) in [6.07, 6.45) is 7.46. The van der Waals surface area contributed by atoms with Gasteiger partial charge in [0.1, 0.15) is 11.3 Å². The number of amides is 1. The SMILES string of the molecule is COc1cc(C2/C(=C(\O)c3c(C)nc4ccccn34)C(=O)C(=O)N2CCCn2ccnc2)cc(Br)c1O. The van der Waals surface area contributed by atoms with E-state index < -0.39 is 17.7 Å². The number of likely N-dealkylation sites (tertiary alicyclic amines) is 1. The number of aliphatic hydroxyl groups excluding tert-OH is 1. The Bertz CT molecular complexity index is 1540. The number of phenols is 1. The Kier molecular flexibility index (Phi) is 6.46. The van der Waals surface area contributed by atoms with Crippen LogP contribution in [-0.4, -0.2) is 59.4 Å². The Morgan fingerprint density at radius 3 is 2.73 bits per heavy atom. The van der Waals surface area contributed by atoms with Gasteiger partial charge in [-0.05, 0) is 59.1 Å². The summed E-state index contributed by atoms with van der Waals surface area (Å²) in [6, 6.07) is 7.67. The summed E-state index contributed by atoms with van der Waals surface area (Å²) >= 11 is 3.33. The van der Waals surface area contributed by atoms with Crippen molar-refractivity contribution < 1.29 is 24.5 Å². The van der Waals surface area contributed by atoms with Crippen LogP contribution >= 0.6 is 15.9 Å². The monoisotopic (exact) mass is 565 g/mol. The Morgan fingerprint density at radius 1 is 1.19 bits per heavy atom. The molecule has 0 spiro atoms. The van der Waals surface area contributed by atoms with Gasteiger partial charge in [0.05, 0.1) is 35.2 Å². The zero-order valence-electron chi connectivity index (χ0n) is 20.1. The number of Topliss-reactive ketones (excluding diaryl/α,β-unsaturated/α-hetero) is 1. The Balaban J connectivity index is 1.66. The number of methoxy groups -OCH3 is 1. The number of benzene rings is 1. The minimum absolute atomic E-state index is 0.0546. The van der Waals surface area contributed by atoms with Crippen molar-refractivity contribution in [3.8, 4) is 11.5 Å². The maximum atomic E-state index is 13.4. The molecule has 0 radical (unpaired) electrons. The number of hydrogen-bond donors (Lipinski definition) is 2. The number of aromatic hydroxyl groups is 1. The molecule has 1 atom stereocenters. The number of aliphatic hydroxyl groups is 1. The number of nitrogens with zero attached hydrogens (tertiary/aromatic N) is 5. The molecular weight excluding hydrogens is 542 g/mol. The lowest BCUT2D eigenvalue weighted by molar-refractivity contribution is -0.139. The van der Waals surface area contributed by atoms with Crippen LogP contribution < -0.4 is 4.74 Å². The molecule has 0 bridgehead atoms. The molecule has 1 saturated heterocycles. The zero-order valence-corrected chi connectivity index (χ0v) is 21.7. The molecule has 4 aromatic rings. The van der Waals surface area contributed by atoms with E-state index in [1.165, 1.54) is 12.0 Å². The Hall–Kier alpha value is -4.12. The number of pyridine rings is 1. The molecule has 0 aliphatic carbocycles. The second-order valence-electron chi connectivity index (χ2n) is 8.67. The molecule has 11 heteroatoms. The van der Waals surface area contributed by atoms with Crippen molar-refractivity contribution in [1.29, 1.82) is 0 Å². The van der Waals surface area contributed by atoms with Gasteiger partial charge in [0, 0.05) is 31.7 Å². The molecule has 1 aromatic carbocycles. The summed E-state index contributed by atoms with van der Waals surface area (Å²) in [5.74, 6) is -1.77. The quantitative estimate of drug-likeness (QED) is 0.198. The zero-order chi connectivity index (χ0) is 26.3. The third-order valence-corrected chi connectivity index (χ3v) is 7.03. The van der Waals surface area contributed by atoms with Gasteiger partial charge in [-0.15, -0.1) is 0 Å². The number of rotatable bonds is 7. The van der Waals surface area contributed by atoms with Crippen LogP contribution in [0, 0.1) is 6.92 Å². The molecule has 4 heterocycles. The largest absolute Gasteiger partial charge is 0.505 e. The molecule has 3 aromatic heterocycles. The normalized spacial score (nSPS) is 17.2. The molecule has 1 aliphatic rings. The van der Waals surface area contributed by atoms with E-state index in [2.05, 4.69) is 25.9 Å². The first-order chi connectivity index (χ1) is 17.8. The van der Waals surface area contributed by atoms with Crippen LogP contribution in [0.25, 0.3) is 11.4 Å². The second kappa shape index (κ2) is 9.74. The van der Waals surface area contributed by atoms with Gasteiger partial charge in [0.25, 0.3) is 11.7 Å². The maximum absolute atomic E-state index is 13.4. The minimum atomic E-state index is -0.915. The lowest BCUT2D eigenvalue weighted by Crippen LogP contribution is -2.31. The Morgan fingerprint density at radius 2 is 2.00 bits per heavy atom. The highest BCUT2D eigenvalue weighted by Crippen LogP contribution is 2.44. The fraction of sp³-hybridized carbons (Fsp3) is 0.231. The minimum Gasteiger partial charge on any atom is -0.505 e. The van der Waals surface area contributed by atoms with Gasteiger partial charge in [0.2, 0.25) is 0 Å². The smallest absolute Gasteiger partial charge is 0.295 e. The summed E-state index contributed by atoms with van der Waals surface area (Å²) in [4.78, 5) is 36.7. The van der Waals surface area contributed by atoms with Crippen LogP contribution in [0.3, 0.4) is 0 Å². The summed E-state index contributed by atoms with van der Waals surface area (Å²) < 4.78 is 9.21. The highest BCUT2D eigenvalue weighted by Gasteiger charge is 2.46. The van der Waals surface area contributed by atoms with E-state index >= 15 is 0 Å². The highest BCUT2D eigenvalue weighted by atomic mass is 79.9. The molecule has 1 fully saturated rings. The van der Waals surface area contributed by atoms with E-state index in [9.17, 15) is 19.8 Å². The van der Waals surface area contributed by atoms with Gasteiger partial charge in [-0.2, -0.15) is 0 Å². The third kappa shape index (κ3) is 4.25. The van der Waals surface area contributed by atoms with Crippen LogP contribution in [0.2, 0.25) is 0 Å². The number of carbonyl (C=O) groups is 2. The average molecular weight is 566 g/mol. The van der Waals surface area contributed by atoms with E-state index in [0.29, 0.717) is 40.0 Å². The van der Waals surface area contributed by atoms with E-state index in [-0.39, 0.29) is 29.4 Å². The van der Waals surface area contributed by atoms with Gasteiger partial charge in [-0.3, -0.25) is 14.0 Å². The molecular formula is C26H24BrN5O5. The highest BCUT2D eigenvalue weighted by molar-refractivity contribution is 9.10. The summed E-state index contributed by atoms with van der Waals surface area (Å²) in [7, 11) is 1.41. The average Bonchev–Trinajstić information content (AvgIpc) is 3.58. The first-order valence-electron chi connectivity index (χ1n) is 11.6. The van der Waals surface area contributed by atoms with Crippen molar-refractivity contribution in [1.82, 2.24) is 23.8 Å². The number of phenolic OH excluding ortho intramolecular Hbond substituents is 1. The van der Waals surface area contributed by atoms with Crippen molar-refractivity contribution in [2.24, 2.45) is 0 Å². The summed E-state index contributed by atoms with van der Waals surface area (Å²) in [5, 5.41) is 21.9. The van der Waals surface area contributed by atoms with Crippen LogP contribution in [0.1, 0.15) is 29.4 Å². The summed E-state index contributed by atoms with van der Waals surface area (Å²) in [6.45, 7) is 2.57. The number of halogens is 1. The molecule has 0 saturated carbocycles. The molecule has 10 nitrogen and oxygen atoms in total. The lowest BCUT2D eigenvalue weighted by atomic mass is 9.95. The van der Waals surface area contributed by atoms with Crippen molar-refractivity contribution in [3.05, 3.63) is 82.2 Å². The number of ether oxygens (including phenoxy) is 1. The standard InChI is InChI=1S/C26H24BrN5O5/c1-15-21(31-9-4-3-6-19(31)29-15)24(34)20-22(16-12-17(27)23(33)18(13-16)37-2)32(26(36)25(20)35)10-5-8-30-11-7-28-14-30/h3-4,6-7,9,11-14,22,33-34H,5,8,10H2,1-2H3/b24-20+. The summed E-state index contributed by atoms with van der Waals surface area (Å²) in [5.41, 5.74) is 1.89. The first kappa shape index (κ1) is 24.6. The van der Waals surface area contributed by atoms with E-state index in [1.807, 2.05) is 16.8 Å². The van der Waals surface area contributed by atoms with E-state index in [4.69, 9.17) is 4.74 Å². The fourth-order valence-electron chi connectivity index (χ4n) is 4.73. The maximum Gasteiger partial charge on any atom is 0.295 e. The molecule has 37 heavy (non-hydrogen) atoms. The Labute approximate surface area is 220 Å². The number of imidazole rings is 2. The van der Waals surface area contributed by atoms with Gasteiger partial charge in [0.15, 0.2) is 17.3 Å². The van der Waals surface area contributed by atoms with E-state index in [0.717, 1.165) is 0 Å². The van der Waals surface area contributed by atoms with Crippen molar-refractivity contribution in [2.45, 2.75) is 25.9 Å². The number of fused-ring (bicyclic) bond motifs is 1. The third-order valence-electron chi connectivity index (χ3n) is 6.43. The van der Waals surface area contributed by atoms with Crippen molar-refractivity contribution in [2.75, 3.05) is 13.7 Å². The van der Waals surface area contributed by atoms with E-state index in [1.54, 1.807) is 54.3 Å². The predicted molar refractivity (Wildman–Crippen MR) is 138 cm³/mol. The number of hydrogen-bond acceptors (Lipinski definition) is 7. The number of aromatic nitrogens is 4. The second-order valence-corrected chi connectivity index (χ2v) is 9.53. The molecule has 1 unspecified atom stereocenters. The molecule has 1 amide bonds. The van der Waals surface area contributed by atoms with Crippen LogP contribution in [0.5, 0.6) is 11.5 Å². The number of aryl methyl sites for hydroxylation is 2. The number of ketones is 1. The van der Waals surface area contributed by atoms with Gasteiger partial charge >= 0.3 is 0 Å². The van der Waals surface area contributed by atoms with Gasteiger partial charge in [-0.1, -0.05) is 6.07 Å². The van der Waals surface area contributed by atoms with Crippen molar-refractivity contribution >= 4 is 39.0 Å². The van der Waals surface area contributed by atoms with Crippen LogP contribution in [-0.2, 0) is 16.1 Å². The predicted octanol–water partition coefficient (Wildman–Crippen LogP) is 3.83. The molecule has 5 rings (SSSR count).